The molecule has 53 heavy (non-hydrogen) atoms. The van der Waals surface area contributed by atoms with E-state index in [1.807, 2.05) is 60.7 Å². The van der Waals surface area contributed by atoms with E-state index in [9.17, 15) is 0 Å². The molecule has 0 N–H and O–H groups in total. The van der Waals surface area contributed by atoms with E-state index < -0.39 is 0 Å². The molecule has 5 heteroatoms. The van der Waals surface area contributed by atoms with E-state index >= 15 is 0 Å². The fourth-order valence-corrected chi connectivity index (χ4v) is 8.42. The van der Waals surface area contributed by atoms with Crippen LogP contribution in [0, 0.1) is 0 Å². The summed E-state index contributed by atoms with van der Waals surface area (Å²) in [6, 6.07) is 55.4. The van der Waals surface area contributed by atoms with Crippen LogP contribution >= 0.6 is 0 Å². The lowest BCUT2D eigenvalue weighted by Gasteiger charge is -2.22. The first-order valence-electron chi connectivity index (χ1n) is 18.0. The van der Waals surface area contributed by atoms with Gasteiger partial charge in [-0.25, -0.2) is 15.0 Å². The second-order valence-corrected chi connectivity index (χ2v) is 14.5. The lowest BCUT2D eigenvalue weighted by atomic mass is 9.82. The molecule has 10 aromatic rings. The molecule has 0 unspecified atom stereocenters. The van der Waals surface area contributed by atoms with E-state index in [0.29, 0.717) is 17.5 Å². The standard InChI is InChI=1S/C48H32N4O/c1-48(2)39-19-11-9-17-33(39)34-24-22-32(26-40(34)48)52-41-20-12-10-18-35(41)37-27-38-36-23-21-31(25-43(36)53-44(38)28-42(37)52)47-50-45(29-13-5-3-6-14-29)49-46(51-47)30-15-7-4-8-16-30/h3-28H,1-2H3. The summed E-state index contributed by atoms with van der Waals surface area (Å²) in [5, 5.41) is 4.55. The third-order valence-corrected chi connectivity index (χ3v) is 11.0. The average Bonchev–Trinajstić information content (AvgIpc) is 3.81. The van der Waals surface area contributed by atoms with Crippen molar-refractivity contribution < 1.29 is 4.42 Å². The zero-order valence-electron chi connectivity index (χ0n) is 29.2. The summed E-state index contributed by atoms with van der Waals surface area (Å²) in [6.07, 6.45) is 0. The smallest absolute Gasteiger partial charge is 0.164 e. The summed E-state index contributed by atoms with van der Waals surface area (Å²) in [4.78, 5) is 14.8. The SMILES string of the molecule is CC1(C)c2ccccc2-c2ccc(-n3c4ccccc4c4cc5c(cc43)oc3cc(-c4nc(-c6ccccc6)nc(-c6ccccc6)n4)ccc35)cc21. The largest absolute Gasteiger partial charge is 0.456 e. The van der Waals surface area contributed by atoms with Gasteiger partial charge in [-0.05, 0) is 58.7 Å². The van der Waals surface area contributed by atoms with Crippen LogP contribution in [-0.4, -0.2) is 19.5 Å². The fourth-order valence-electron chi connectivity index (χ4n) is 8.42. The van der Waals surface area contributed by atoms with E-state index in [2.05, 4.69) is 115 Å². The highest BCUT2D eigenvalue weighted by atomic mass is 16.3. The number of furan rings is 1. The minimum absolute atomic E-state index is 0.0906. The highest BCUT2D eigenvalue weighted by Gasteiger charge is 2.35. The lowest BCUT2D eigenvalue weighted by molar-refractivity contribution is 0.660. The molecule has 0 fully saturated rings. The van der Waals surface area contributed by atoms with Crippen molar-refractivity contribution >= 4 is 43.7 Å². The molecule has 0 amide bonds. The number of hydrogen-bond donors (Lipinski definition) is 0. The van der Waals surface area contributed by atoms with Crippen molar-refractivity contribution in [2.24, 2.45) is 0 Å². The van der Waals surface area contributed by atoms with Crippen molar-refractivity contribution in [1.82, 2.24) is 19.5 Å². The van der Waals surface area contributed by atoms with Crippen LogP contribution in [0.3, 0.4) is 0 Å². The van der Waals surface area contributed by atoms with E-state index in [-0.39, 0.29) is 5.41 Å². The van der Waals surface area contributed by atoms with Crippen molar-refractivity contribution in [3.05, 3.63) is 169 Å². The maximum absolute atomic E-state index is 6.70. The van der Waals surface area contributed by atoms with Crippen molar-refractivity contribution in [3.8, 4) is 51.0 Å². The Kier molecular flexibility index (Phi) is 6.23. The minimum Gasteiger partial charge on any atom is -0.456 e. The summed E-state index contributed by atoms with van der Waals surface area (Å²) in [5.74, 6) is 1.87. The first-order valence-corrected chi connectivity index (χ1v) is 18.0. The Balaban J connectivity index is 1.08. The summed E-state index contributed by atoms with van der Waals surface area (Å²) >= 11 is 0. The van der Waals surface area contributed by atoms with Gasteiger partial charge in [0.05, 0.1) is 11.0 Å². The van der Waals surface area contributed by atoms with Crippen LogP contribution in [0.1, 0.15) is 25.0 Å². The summed E-state index contributed by atoms with van der Waals surface area (Å²) in [7, 11) is 0. The van der Waals surface area contributed by atoms with E-state index in [1.165, 1.54) is 38.5 Å². The summed E-state index contributed by atoms with van der Waals surface area (Å²) < 4.78 is 9.10. The Bertz CT molecular complexity index is 3020. The molecule has 0 spiro atoms. The number of rotatable bonds is 4. The number of para-hydroxylation sites is 1. The number of benzene rings is 7. The molecule has 0 bridgehead atoms. The van der Waals surface area contributed by atoms with Gasteiger partial charge < -0.3 is 8.98 Å². The normalized spacial score (nSPS) is 13.2. The molecular formula is C48H32N4O. The molecule has 1 aliphatic carbocycles. The number of fused-ring (bicyclic) bond motifs is 9. The van der Waals surface area contributed by atoms with Gasteiger partial charge in [0.15, 0.2) is 17.5 Å². The van der Waals surface area contributed by atoms with Gasteiger partial charge in [-0.1, -0.05) is 129 Å². The molecule has 0 saturated heterocycles. The van der Waals surface area contributed by atoms with Crippen LogP contribution in [0.25, 0.3) is 94.7 Å². The zero-order valence-corrected chi connectivity index (χ0v) is 29.2. The van der Waals surface area contributed by atoms with Crippen LogP contribution in [0.4, 0.5) is 0 Å². The summed E-state index contributed by atoms with van der Waals surface area (Å²) in [6.45, 7) is 4.67. The van der Waals surface area contributed by atoms with Gasteiger partial charge in [0.25, 0.3) is 0 Å². The van der Waals surface area contributed by atoms with Gasteiger partial charge in [-0.2, -0.15) is 0 Å². The van der Waals surface area contributed by atoms with Crippen LogP contribution in [-0.2, 0) is 5.41 Å². The minimum atomic E-state index is -0.0906. The number of nitrogens with zero attached hydrogens (tertiary/aromatic N) is 4. The van der Waals surface area contributed by atoms with Crippen LogP contribution in [0.15, 0.2) is 162 Å². The van der Waals surface area contributed by atoms with Gasteiger partial charge in [-0.3, -0.25) is 0 Å². The van der Waals surface area contributed by atoms with Gasteiger partial charge in [0, 0.05) is 55.4 Å². The molecule has 11 rings (SSSR count). The Morgan fingerprint density at radius 2 is 1.06 bits per heavy atom. The van der Waals surface area contributed by atoms with Gasteiger partial charge in [-0.15, -0.1) is 0 Å². The monoisotopic (exact) mass is 680 g/mol. The predicted molar refractivity (Wildman–Crippen MR) is 215 cm³/mol. The zero-order chi connectivity index (χ0) is 35.3. The number of aromatic nitrogens is 4. The predicted octanol–water partition coefficient (Wildman–Crippen LogP) is 12.2. The molecule has 3 aromatic heterocycles. The van der Waals surface area contributed by atoms with Gasteiger partial charge in [0.1, 0.15) is 11.2 Å². The highest BCUT2D eigenvalue weighted by Crippen LogP contribution is 2.49. The first kappa shape index (κ1) is 29.8. The van der Waals surface area contributed by atoms with Crippen LogP contribution in [0.2, 0.25) is 0 Å². The van der Waals surface area contributed by atoms with Gasteiger partial charge >= 0.3 is 0 Å². The second kappa shape index (κ2) is 11.1. The maximum atomic E-state index is 6.70. The molecule has 3 heterocycles. The quantitative estimate of drug-likeness (QED) is 0.186. The molecule has 1 aliphatic rings. The molecule has 0 atom stereocenters. The topological polar surface area (TPSA) is 56.7 Å². The van der Waals surface area contributed by atoms with E-state index in [1.54, 1.807) is 0 Å². The van der Waals surface area contributed by atoms with Crippen LogP contribution in [0.5, 0.6) is 0 Å². The second-order valence-electron chi connectivity index (χ2n) is 14.5. The molecule has 0 saturated carbocycles. The highest BCUT2D eigenvalue weighted by molar-refractivity contribution is 6.17. The summed E-state index contributed by atoms with van der Waals surface area (Å²) in [5.41, 5.74) is 13.1. The Morgan fingerprint density at radius 1 is 0.434 bits per heavy atom. The molecular weight excluding hydrogens is 649 g/mol. The molecule has 250 valence electrons. The fraction of sp³-hybridized carbons (Fsp3) is 0.0625. The third kappa shape index (κ3) is 4.47. The Labute approximate surface area is 305 Å². The molecule has 0 radical (unpaired) electrons. The first-order chi connectivity index (χ1) is 26.0. The molecule has 7 aromatic carbocycles. The molecule has 5 nitrogen and oxygen atoms in total. The lowest BCUT2D eigenvalue weighted by Crippen LogP contribution is -2.15. The van der Waals surface area contributed by atoms with Crippen molar-refractivity contribution in [3.63, 3.8) is 0 Å². The van der Waals surface area contributed by atoms with Crippen molar-refractivity contribution in [1.29, 1.82) is 0 Å². The van der Waals surface area contributed by atoms with Crippen molar-refractivity contribution in [2.45, 2.75) is 19.3 Å². The molecule has 0 aliphatic heterocycles. The van der Waals surface area contributed by atoms with Crippen molar-refractivity contribution in [2.75, 3.05) is 0 Å². The third-order valence-electron chi connectivity index (χ3n) is 11.0. The Morgan fingerprint density at radius 3 is 1.81 bits per heavy atom. The Hall–Kier alpha value is -6.85. The van der Waals surface area contributed by atoms with Crippen LogP contribution < -0.4 is 0 Å². The maximum Gasteiger partial charge on any atom is 0.164 e. The van der Waals surface area contributed by atoms with Gasteiger partial charge in [0.2, 0.25) is 0 Å². The van der Waals surface area contributed by atoms with E-state index in [0.717, 1.165) is 49.8 Å². The average molecular weight is 681 g/mol. The number of hydrogen-bond acceptors (Lipinski definition) is 4. The van der Waals surface area contributed by atoms with E-state index in [4.69, 9.17) is 19.4 Å².